The number of rotatable bonds is 7. The summed E-state index contributed by atoms with van der Waals surface area (Å²) in [5, 5.41) is 3.40. The molecule has 0 unspecified atom stereocenters. The Balaban J connectivity index is 2.39. The Morgan fingerprint density at radius 1 is 1.42 bits per heavy atom. The third kappa shape index (κ3) is 6.88. The van der Waals surface area contributed by atoms with E-state index in [4.69, 9.17) is 0 Å². The van der Waals surface area contributed by atoms with E-state index in [1.165, 1.54) is 11.6 Å². The normalized spacial score (nSPS) is 12.2. The lowest BCUT2D eigenvalue weighted by Gasteiger charge is -2.07. The fraction of sp³-hybridized carbons (Fsp3) is 0.500. The molecule has 19 heavy (non-hydrogen) atoms. The van der Waals surface area contributed by atoms with Gasteiger partial charge in [0, 0.05) is 4.47 Å². The van der Waals surface area contributed by atoms with Crippen molar-refractivity contribution in [1.82, 2.24) is 5.32 Å². The van der Waals surface area contributed by atoms with Crippen LogP contribution in [0, 0.1) is 11.7 Å². The highest BCUT2D eigenvalue weighted by molar-refractivity contribution is 9.10. The van der Waals surface area contributed by atoms with Crippen molar-refractivity contribution in [2.75, 3.05) is 13.1 Å². The highest BCUT2D eigenvalue weighted by Gasteiger charge is 2.03. The summed E-state index contributed by atoms with van der Waals surface area (Å²) in [4.78, 5) is 0. The molecule has 1 aromatic rings. The number of benzene rings is 1. The van der Waals surface area contributed by atoms with Gasteiger partial charge in [0.25, 0.3) is 0 Å². The Kier molecular flexibility index (Phi) is 7.32. The van der Waals surface area contributed by atoms with E-state index in [-0.39, 0.29) is 5.82 Å². The Morgan fingerprint density at radius 3 is 2.79 bits per heavy atom. The van der Waals surface area contributed by atoms with E-state index in [2.05, 4.69) is 48.1 Å². The molecule has 0 aromatic heterocycles. The maximum atomic E-state index is 13.7. The van der Waals surface area contributed by atoms with Gasteiger partial charge in [-0.15, -0.1) is 0 Å². The summed E-state index contributed by atoms with van der Waals surface area (Å²) in [6, 6.07) is 5.25. The van der Waals surface area contributed by atoms with Crippen LogP contribution >= 0.6 is 15.9 Å². The Hall–Kier alpha value is -0.670. The zero-order chi connectivity index (χ0) is 14.3. The molecule has 1 rings (SSSR count). The standard InChI is InChI=1S/C16H23BrFN/c1-12(2)11-19-8-4-5-13(3)9-14-6-7-15(17)10-16(14)18/h5-7,10,12,19H,4,8-9,11H2,1-3H3. The second kappa shape index (κ2) is 8.49. The van der Waals surface area contributed by atoms with Gasteiger partial charge in [0.05, 0.1) is 0 Å². The van der Waals surface area contributed by atoms with Crippen molar-refractivity contribution in [2.45, 2.75) is 33.6 Å². The number of allylic oxidation sites excluding steroid dienone is 1. The minimum atomic E-state index is -0.139. The van der Waals surface area contributed by atoms with E-state index in [9.17, 15) is 4.39 Å². The fourth-order valence-corrected chi connectivity index (χ4v) is 2.18. The molecule has 0 bridgehead atoms. The first-order valence-electron chi connectivity index (χ1n) is 6.79. The van der Waals surface area contributed by atoms with Crippen LogP contribution in [0.1, 0.15) is 32.8 Å². The van der Waals surface area contributed by atoms with Gasteiger partial charge in [-0.1, -0.05) is 47.5 Å². The predicted octanol–water partition coefficient (Wildman–Crippen LogP) is 4.71. The van der Waals surface area contributed by atoms with E-state index < -0.39 is 0 Å². The molecule has 1 aromatic carbocycles. The third-order valence-corrected chi connectivity index (χ3v) is 3.34. The van der Waals surface area contributed by atoms with Crippen LogP contribution in [0.5, 0.6) is 0 Å². The molecule has 0 fully saturated rings. The van der Waals surface area contributed by atoms with E-state index in [1.54, 1.807) is 0 Å². The van der Waals surface area contributed by atoms with E-state index >= 15 is 0 Å². The van der Waals surface area contributed by atoms with Crippen LogP contribution in [0.25, 0.3) is 0 Å². The van der Waals surface area contributed by atoms with Crippen molar-refractivity contribution in [3.8, 4) is 0 Å². The van der Waals surface area contributed by atoms with Crippen LogP contribution in [0.4, 0.5) is 4.39 Å². The van der Waals surface area contributed by atoms with Gasteiger partial charge in [0.2, 0.25) is 0 Å². The van der Waals surface area contributed by atoms with E-state index in [1.807, 2.05) is 12.1 Å². The van der Waals surface area contributed by atoms with Gasteiger partial charge in [-0.05, 0) is 56.5 Å². The highest BCUT2D eigenvalue weighted by atomic mass is 79.9. The number of hydrogen-bond acceptors (Lipinski definition) is 1. The Morgan fingerprint density at radius 2 is 2.16 bits per heavy atom. The first-order valence-corrected chi connectivity index (χ1v) is 7.58. The Labute approximate surface area is 124 Å². The van der Waals surface area contributed by atoms with Gasteiger partial charge in [0.1, 0.15) is 5.82 Å². The molecule has 0 saturated heterocycles. The third-order valence-electron chi connectivity index (χ3n) is 2.85. The second-order valence-corrected chi connectivity index (χ2v) is 6.27. The summed E-state index contributed by atoms with van der Waals surface area (Å²) in [5.41, 5.74) is 1.97. The summed E-state index contributed by atoms with van der Waals surface area (Å²) in [7, 11) is 0. The van der Waals surface area contributed by atoms with Crippen LogP contribution in [0.2, 0.25) is 0 Å². The Bertz CT molecular complexity index is 427. The fourth-order valence-electron chi connectivity index (χ4n) is 1.85. The molecular weight excluding hydrogens is 305 g/mol. The van der Waals surface area contributed by atoms with Crippen molar-refractivity contribution in [3.63, 3.8) is 0 Å². The average molecular weight is 328 g/mol. The summed E-state index contributed by atoms with van der Waals surface area (Å²) in [6.07, 6.45) is 3.87. The van der Waals surface area contributed by atoms with Crippen LogP contribution < -0.4 is 5.32 Å². The smallest absolute Gasteiger partial charge is 0.127 e. The van der Waals surface area contributed by atoms with Crippen molar-refractivity contribution in [2.24, 2.45) is 5.92 Å². The molecule has 0 radical (unpaired) electrons. The van der Waals surface area contributed by atoms with Gasteiger partial charge in [-0.3, -0.25) is 0 Å². The molecule has 0 aliphatic carbocycles. The van der Waals surface area contributed by atoms with Crippen LogP contribution in [-0.2, 0) is 6.42 Å². The molecule has 0 atom stereocenters. The van der Waals surface area contributed by atoms with E-state index in [0.29, 0.717) is 12.3 Å². The lowest BCUT2D eigenvalue weighted by molar-refractivity contribution is 0.556. The number of hydrogen-bond donors (Lipinski definition) is 1. The molecule has 0 aliphatic heterocycles. The monoisotopic (exact) mass is 327 g/mol. The first-order chi connectivity index (χ1) is 8.99. The molecule has 0 saturated carbocycles. The summed E-state index contributed by atoms with van der Waals surface area (Å²) in [6.45, 7) is 8.49. The molecule has 106 valence electrons. The molecular formula is C16H23BrFN. The molecule has 1 N–H and O–H groups in total. The van der Waals surface area contributed by atoms with Crippen LogP contribution in [0.3, 0.4) is 0 Å². The summed E-state index contributed by atoms with van der Waals surface area (Å²) < 4.78 is 14.5. The maximum absolute atomic E-state index is 13.7. The predicted molar refractivity (Wildman–Crippen MR) is 83.9 cm³/mol. The molecule has 3 heteroatoms. The van der Waals surface area contributed by atoms with Crippen molar-refractivity contribution in [3.05, 3.63) is 45.7 Å². The number of nitrogens with one attached hydrogen (secondary N) is 1. The van der Waals surface area contributed by atoms with Gasteiger partial charge < -0.3 is 5.32 Å². The summed E-state index contributed by atoms with van der Waals surface area (Å²) >= 11 is 3.27. The summed E-state index contributed by atoms with van der Waals surface area (Å²) in [5.74, 6) is 0.544. The van der Waals surface area contributed by atoms with Gasteiger partial charge in [-0.25, -0.2) is 4.39 Å². The van der Waals surface area contributed by atoms with Crippen LogP contribution in [-0.4, -0.2) is 13.1 Å². The maximum Gasteiger partial charge on any atom is 0.127 e. The topological polar surface area (TPSA) is 12.0 Å². The molecule has 0 amide bonds. The molecule has 0 aliphatic rings. The molecule has 1 nitrogen and oxygen atoms in total. The largest absolute Gasteiger partial charge is 0.316 e. The second-order valence-electron chi connectivity index (χ2n) is 5.35. The minimum Gasteiger partial charge on any atom is -0.316 e. The first kappa shape index (κ1) is 16.4. The molecule has 0 heterocycles. The number of halogens is 2. The SMILES string of the molecule is CC(=CCCNCC(C)C)Cc1ccc(Br)cc1F. The quantitative estimate of drug-likeness (QED) is 0.564. The van der Waals surface area contributed by atoms with Gasteiger partial charge >= 0.3 is 0 Å². The van der Waals surface area contributed by atoms with Crippen molar-refractivity contribution in [1.29, 1.82) is 0 Å². The van der Waals surface area contributed by atoms with Gasteiger partial charge in [-0.2, -0.15) is 0 Å². The van der Waals surface area contributed by atoms with Crippen LogP contribution in [0.15, 0.2) is 34.3 Å². The highest BCUT2D eigenvalue weighted by Crippen LogP contribution is 2.18. The zero-order valence-electron chi connectivity index (χ0n) is 12.0. The van der Waals surface area contributed by atoms with Gasteiger partial charge in [0.15, 0.2) is 0 Å². The van der Waals surface area contributed by atoms with E-state index in [0.717, 1.165) is 29.5 Å². The lowest BCUT2D eigenvalue weighted by atomic mass is 10.1. The lowest BCUT2D eigenvalue weighted by Crippen LogP contribution is -2.20. The average Bonchev–Trinajstić information content (AvgIpc) is 2.32. The van der Waals surface area contributed by atoms with Crippen molar-refractivity contribution < 1.29 is 4.39 Å². The molecule has 0 spiro atoms. The van der Waals surface area contributed by atoms with Crippen molar-refractivity contribution >= 4 is 15.9 Å². The zero-order valence-corrected chi connectivity index (χ0v) is 13.6. The minimum absolute atomic E-state index is 0.139.